The van der Waals surface area contributed by atoms with Gasteiger partial charge in [-0.3, -0.25) is 4.99 Å². The minimum Gasteiger partial charge on any atom is -0.374 e. The van der Waals surface area contributed by atoms with Gasteiger partial charge in [0.1, 0.15) is 6.61 Å². The number of thioether (sulfide) groups is 1. The lowest BCUT2D eigenvalue weighted by atomic mass is 10.1. The van der Waals surface area contributed by atoms with E-state index < -0.39 is 13.0 Å². The maximum atomic E-state index is 11.8. The maximum Gasteiger partial charge on any atom is 0.261 e. The van der Waals surface area contributed by atoms with Crippen molar-refractivity contribution in [1.29, 1.82) is 0 Å². The predicted molar refractivity (Wildman–Crippen MR) is 78.7 cm³/mol. The fourth-order valence-electron chi connectivity index (χ4n) is 1.92. The number of rotatable bonds is 7. The Bertz CT molecular complexity index is 428. The van der Waals surface area contributed by atoms with Crippen molar-refractivity contribution in [3.05, 3.63) is 35.9 Å². The number of hydrogen-bond acceptors (Lipinski definition) is 3. The summed E-state index contributed by atoms with van der Waals surface area (Å²) in [6, 6.07) is 10.7. The number of nitrogens with zero attached hydrogens (tertiary/aromatic N) is 1. The van der Waals surface area contributed by atoms with E-state index in [1.54, 1.807) is 11.8 Å². The highest BCUT2D eigenvalue weighted by Gasteiger charge is 2.20. The number of benzene rings is 1. The molecule has 2 rings (SSSR count). The number of halogens is 2. The van der Waals surface area contributed by atoms with Gasteiger partial charge in [0.15, 0.2) is 5.17 Å². The number of alkyl halides is 2. The summed E-state index contributed by atoms with van der Waals surface area (Å²) in [7, 11) is 0. The van der Waals surface area contributed by atoms with E-state index in [4.69, 9.17) is 4.74 Å². The van der Waals surface area contributed by atoms with E-state index in [1.165, 1.54) is 5.56 Å². The van der Waals surface area contributed by atoms with E-state index in [0.717, 1.165) is 17.3 Å². The van der Waals surface area contributed by atoms with Gasteiger partial charge >= 0.3 is 0 Å². The van der Waals surface area contributed by atoms with Crippen molar-refractivity contribution < 1.29 is 13.5 Å². The van der Waals surface area contributed by atoms with Crippen LogP contribution in [0.15, 0.2) is 35.3 Å². The van der Waals surface area contributed by atoms with Crippen molar-refractivity contribution in [2.24, 2.45) is 4.99 Å². The van der Waals surface area contributed by atoms with Gasteiger partial charge in [0, 0.05) is 11.8 Å². The molecule has 0 aliphatic carbocycles. The van der Waals surface area contributed by atoms with Crippen LogP contribution in [-0.4, -0.2) is 43.1 Å². The molecule has 6 heteroatoms. The lowest BCUT2D eigenvalue weighted by Gasteiger charge is -2.09. The Kier molecular flexibility index (Phi) is 6.26. The molecular formula is C14H18F2N2OS. The zero-order chi connectivity index (χ0) is 14.2. The SMILES string of the molecule is FC(F)COCCN=C1NC(Cc2ccccc2)CS1. The normalized spacial score (nSPS) is 20.6. The lowest BCUT2D eigenvalue weighted by Crippen LogP contribution is -2.29. The molecule has 1 aromatic rings. The Morgan fingerprint density at radius 3 is 2.90 bits per heavy atom. The molecule has 0 spiro atoms. The molecule has 1 N–H and O–H groups in total. The molecule has 1 aromatic carbocycles. The van der Waals surface area contributed by atoms with E-state index >= 15 is 0 Å². The molecular weight excluding hydrogens is 282 g/mol. The standard InChI is InChI=1S/C14H18F2N2OS/c15-13(16)9-19-7-6-17-14-18-12(10-20-14)8-11-4-2-1-3-5-11/h1-5,12-13H,6-10H2,(H,17,18). The molecule has 20 heavy (non-hydrogen) atoms. The van der Waals surface area contributed by atoms with Crippen LogP contribution in [0.4, 0.5) is 8.78 Å². The zero-order valence-electron chi connectivity index (χ0n) is 11.1. The summed E-state index contributed by atoms with van der Waals surface area (Å²) in [5.41, 5.74) is 1.30. The molecule has 1 aliphatic rings. The molecule has 1 heterocycles. The molecule has 3 nitrogen and oxygen atoms in total. The van der Waals surface area contributed by atoms with Gasteiger partial charge in [-0.1, -0.05) is 42.1 Å². The van der Waals surface area contributed by atoms with Gasteiger partial charge < -0.3 is 10.1 Å². The van der Waals surface area contributed by atoms with Crippen molar-refractivity contribution in [1.82, 2.24) is 5.32 Å². The highest BCUT2D eigenvalue weighted by Crippen LogP contribution is 2.17. The first-order chi connectivity index (χ1) is 9.74. The van der Waals surface area contributed by atoms with Crippen LogP contribution in [0.25, 0.3) is 0 Å². The Labute approximate surface area is 121 Å². The largest absolute Gasteiger partial charge is 0.374 e. The minimum atomic E-state index is -2.41. The van der Waals surface area contributed by atoms with Crippen LogP contribution in [0.2, 0.25) is 0 Å². The second-order valence-electron chi connectivity index (χ2n) is 4.49. The lowest BCUT2D eigenvalue weighted by molar-refractivity contribution is 0.0207. The molecule has 0 amide bonds. The van der Waals surface area contributed by atoms with E-state index in [1.807, 2.05) is 18.2 Å². The van der Waals surface area contributed by atoms with E-state index in [9.17, 15) is 8.78 Å². The number of amidine groups is 1. The van der Waals surface area contributed by atoms with Crippen LogP contribution in [0.3, 0.4) is 0 Å². The third-order valence-corrected chi connectivity index (χ3v) is 3.90. The Morgan fingerprint density at radius 2 is 2.15 bits per heavy atom. The summed E-state index contributed by atoms with van der Waals surface area (Å²) in [6.07, 6.45) is -1.44. The number of aliphatic imine (C=N–C) groups is 1. The van der Waals surface area contributed by atoms with Crippen molar-refractivity contribution in [2.45, 2.75) is 18.9 Å². The van der Waals surface area contributed by atoms with E-state index in [-0.39, 0.29) is 6.61 Å². The Morgan fingerprint density at radius 1 is 1.35 bits per heavy atom. The summed E-state index contributed by atoms with van der Waals surface area (Å²) >= 11 is 1.67. The highest BCUT2D eigenvalue weighted by molar-refractivity contribution is 8.14. The van der Waals surface area contributed by atoms with Crippen LogP contribution in [-0.2, 0) is 11.2 Å². The first kappa shape index (κ1) is 15.3. The maximum absolute atomic E-state index is 11.8. The van der Waals surface area contributed by atoms with Gasteiger partial charge in [0.2, 0.25) is 0 Å². The van der Waals surface area contributed by atoms with Crippen molar-refractivity contribution in [2.75, 3.05) is 25.5 Å². The second-order valence-corrected chi connectivity index (χ2v) is 5.50. The van der Waals surface area contributed by atoms with Crippen LogP contribution in [0, 0.1) is 0 Å². The number of ether oxygens (including phenoxy) is 1. The van der Waals surface area contributed by atoms with Gasteiger partial charge in [-0.15, -0.1) is 0 Å². The number of nitrogens with one attached hydrogen (secondary N) is 1. The summed E-state index contributed by atoms with van der Waals surface area (Å²) in [4.78, 5) is 4.31. The van der Waals surface area contributed by atoms with Crippen molar-refractivity contribution in [3.63, 3.8) is 0 Å². The first-order valence-corrected chi connectivity index (χ1v) is 7.56. The molecule has 1 atom stereocenters. The van der Waals surface area contributed by atoms with Crippen LogP contribution < -0.4 is 5.32 Å². The van der Waals surface area contributed by atoms with Crippen LogP contribution in [0.5, 0.6) is 0 Å². The Balaban J connectivity index is 1.67. The molecule has 1 unspecified atom stereocenters. The van der Waals surface area contributed by atoms with Gasteiger partial charge in [-0.2, -0.15) is 0 Å². The third-order valence-electron chi connectivity index (χ3n) is 2.81. The molecule has 1 fully saturated rings. The molecule has 0 saturated carbocycles. The van der Waals surface area contributed by atoms with Gasteiger partial charge in [-0.05, 0) is 12.0 Å². The quantitative estimate of drug-likeness (QED) is 0.786. The van der Waals surface area contributed by atoms with Crippen LogP contribution >= 0.6 is 11.8 Å². The zero-order valence-corrected chi connectivity index (χ0v) is 11.9. The van der Waals surface area contributed by atoms with Gasteiger partial charge in [-0.25, -0.2) is 8.78 Å². The molecule has 0 aromatic heterocycles. The van der Waals surface area contributed by atoms with Crippen molar-refractivity contribution in [3.8, 4) is 0 Å². The monoisotopic (exact) mass is 300 g/mol. The average molecular weight is 300 g/mol. The van der Waals surface area contributed by atoms with Gasteiger partial charge in [0.05, 0.1) is 13.2 Å². The first-order valence-electron chi connectivity index (χ1n) is 6.57. The van der Waals surface area contributed by atoms with E-state index in [2.05, 4.69) is 22.4 Å². The molecule has 1 aliphatic heterocycles. The number of hydrogen-bond donors (Lipinski definition) is 1. The summed E-state index contributed by atoms with van der Waals surface area (Å²) < 4.78 is 28.5. The van der Waals surface area contributed by atoms with E-state index in [0.29, 0.717) is 12.6 Å². The smallest absolute Gasteiger partial charge is 0.261 e. The molecule has 0 bridgehead atoms. The van der Waals surface area contributed by atoms with Crippen molar-refractivity contribution >= 4 is 16.9 Å². The fourth-order valence-corrected chi connectivity index (χ4v) is 2.91. The summed E-state index contributed by atoms with van der Waals surface area (Å²) in [5.74, 6) is 0.978. The van der Waals surface area contributed by atoms with Crippen LogP contribution in [0.1, 0.15) is 5.56 Å². The minimum absolute atomic E-state index is 0.236. The molecule has 1 saturated heterocycles. The third kappa shape index (κ3) is 5.46. The summed E-state index contributed by atoms with van der Waals surface area (Å²) in [5, 5.41) is 4.23. The fraction of sp³-hybridized carbons (Fsp3) is 0.500. The highest BCUT2D eigenvalue weighted by atomic mass is 32.2. The molecule has 110 valence electrons. The Hall–Kier alpha value is -1.14. The predicted octanol–water partition coefficient (Wildman–Crippen LogP) is 2.57. The molecule has 0 radical (unpaired) electrons. The average Bonchev–Trinajstić information content (AvgIpc) is 2.87. The second kappa shape index (κ2) is 8.21. The topological polar surface area (TPSA) is 33.6 Å². The van der Waals surface area contributed by atoms with Gasteiger partial charge in [0.25, 0.3) is 6.43 Å². The summed E-state index contributed by atoms with van der Waals surface area (Å²) in [6.45, 7) is 0.140.